The first kappa shape index (κ1) is 16.2. The Hall–Kier alpha value is -0.873. The molecule has 1 N–H and O–H groups in total. The Labute approximate surface area is 116 Å². The number of nitriles is 1. The highest BCUT2D eigenvalue weighted by molar-refractivity contribution is 7.91. The van der Waals surface area contributed by atoms with E-state index < -0.39 is 23.5 Å². The van der Waals surface area contributed by atoms with E-state index in [-0.39, 0.29) is 30.3 Å². The molecule has 7 heteroatoms. The van der Waals surface area contributed by atoms with Gasteiger partial charge in [0.15, 0.2) is 9.84 Å². The quantitative estimate of drug-likeness (QED) is 0.788. The third kappa shape index (κ3) is 5.33. The molecule has 0 aromatic heterocycles. The monoisotopic (exact) mass is 301 g/mol. The maximum Gasteiger partial charge on any atom is 0.224 e. The molecule has 0 aromatic rings. The molecule has 1 rings (SSSR count). The van der Waals surface area contributed by atoms with Crippen molar-refractivity contribution in [1.82, 2.24) is 5.32 Å². The number of amides is 1. The summed E-state index contributed by atoms with van der Waals surface area (Å²) in [5.74, 6) is -0.327. The number of nitrogens with one attached hydrogen (secondary N) is 1. The zero-order valence-corrected chi connectivity index (χ0v) is 13.5. The minimum absolute atomic E-state index is 0.0329. The predicted octanol–water partition coefficient (Wildman–Crippen LogP) is 1.12. The van der Waals surface area contributed by atoms with Crippen molar-refractivity contribution in [1.29, 1.82) is 5.26 Å². The molecule has 1 fully saturated rings. The van der Waals surface area contributed by atoms with E-state index in [1.165, 1.54) is 0 Å². The molecule has 1 heterocycles. The third-order valence-electron chi connectivity index (χ3n) is 3.16. The largest absolute Gasteiger partial charge is 0.338 e. The number of nitrogens with zero attached hydrogens (tertiary/aromatic N) is 1. The van der Waals surface area contributed by atoms with Gasteiger partial charge in [0.05, 0.1) is 17.6 Å². The Morgan fingerprint density at radius 2 is 1.89 bits per heavy atom. The zero-order chi connectivity index (χ0) is 14.7. The fourth-order valence-corrected chi connectivity index (χ4v) is 4.16. The number of hydrogen-bond donors (Lipinski definition) is 1. The predicted molar refractivity (Wildman–Crippen MR) is 76.8 cm³/mol. The highest BCUT2D eigenvalue weighted by Gasteiger charge is 2.38. The van der Waals surface area contributed by atoms with E-state index in [9.17, 15) is 18.5 Å². The van der Waals surface area contributed by atoms with Crippen molar-refractivity contribution in [2.24, 2.45) is 0 Å². The van der Waals surface area contributed by atoms with Gasteiger partial charge in [-0.2, -0.15) is 5.26 Å². The Kier molecular flexibility index (Phi) is 4.80. The molecule has 1 amide bonds. The molecule has 0 aromatic carbocycles. The van der Waals surface area contributed by atoms with Gasteiger partial charge in [-0.1, -0.05) is 19.6 Å². The van der Waals surface area contributed by atoms with E-state index in [1.807, 2.05) is 0 Å². The minimum atomic E-state index is -3.04. The van der Waals surface area contributed by atoms with Crippen LogP contribution < -0.4 is 5.32 Å². The van der Waals surface area contributed by atoms with E-state index in [1.54, 1.807) is 6.42 Å². The van der Waals surface area contributed by atoms with Crippen LogP contribution in [-0.2, 0) is 14.6 Å². The number of carbonyl (C=O) groups is 1. The molecule has 0 bridgehead atoms. The molecular weight excluding hydrogens is 280 g/mol. The van der Waals surface area contributed by atoms with Crippen molar-refractivity contribution < 1.29 is 13.2 Å². The summed E-state index contributed by atoms with van der Waals surface area (Å²) >= 11 is 0. The molecule has 1 aliphatic rings. The van der Waals surface area contributed by atoms with Crippen LogP contribution in [-0.4, -0.2) is 39.4 Å². The molecule has 0 atom stereocenters. The van der Waals surface area contributed by atoms with Crippen LogP contribution in [0.3, 0.4) is 0 Å². The van der Waals surface area contributed by atoms with Crippen LogP contribution in [0.4, 0.5) is 0 Å². The van der Waals surface area contributed by atoms with Crippen molar-refractivity contribution in [3.63, 3.8) is 0 Å². The third-order valence-corrected chi connectivity index (χ3v) is 6.24. The Morgan fingerprint density at radius 1 is 1.37 bits per heavy atom. The van der Waals surface area contributed by atoms with Crippen molar-refractivity contribution in [3.8, 4) is 6.07 Å². The summed E-state index contributed by atoms with van der Waals surface area (Å²) in [5, 5.41) is 11.9. The maximum atomic E-state index is 11.8. The van der Waals surface area contributed by atoms with Crippen LogP contribution in [0.15, 0.2) is 0 Å². The molecule has 1 radical (unpaired) electrons. The summed E-state index contributed by atoms with van der Waals surface area (Å²) in [6.45, 7) is 6.47. The second-order valence-corrected chi connectivity index (χ2v) is 14.1. The first-order valence-electron chi connectivity index (χ1n) is 6.35. The lowest BCUT2D eigenvalue weighted by Gasteiger charge is -2.31. The first-order valence-corrected chi connectivity index (χ1v) is 11.9. The molecular formula is C12H21N2O3SSi. The number of sulfone groups is 1. The second-order valence-electron chi connectivity index (χ2n) is 6.30. The normalized spacial score (nSPS) is 21.4. The van der Waals surface area contributed by atoms with Gasteiger partial charge in [-0.05, 0) is 18.9 Å². The summed E-state index contributed by atoms with van der Waals surface area (Å²) < 4.78 is 22.7. The van der Waals surface area contributed by atoms with E-state index in [2.05, 4.69) is 31.0 Å². The van der Waals surface area contributed by atoms with Gasteiger partial charge in [-0.25, -0.2) is 8.42 Å². The molecule has 5 nitrogen and oxygen atoms in total. The molecule has 107 valence electrons. The standard InChI is InChI=1S/C12H21N2O3SSi/c1-19(2,3)9-4-11(15)14-12(10-13)5-7-18(16,17)8-6-12/h4H,5-9H2,1-3H3,(H,14,15). The second kappa shape index (κ2) is 5.63. The Balaban J connectivity index is 2.59. The Bertz CT molecular complexity index is 474. The topological polar surface area (TPSA) is 87.0 Å². The summed E-state index contributed by atoms with van der Waals surface area (Å²) in [4.78, 5) is 11.8. The first-order chi connectivity index (χ1) is 8.58. The van der Waals surface area contributed by atoms with Gasteiger partial charge in [0, 0.05) is 14.5 Å². The molecule has 1 aliphatic heterocycles. The lowest BCUT2D eigenvalue weighted by Crippen LogP contribution is -2.52. The molecule has 0 unspecified atom stereocenters. The smallest absolute Gasteiger partial charge is 0.224 e. The van der Waals surface area contributed by atoms with Crippen molar-refractivity contribution in [2.75, 3.05) is 11.5 Å². The average molecular weight is 301 g/mol. The summed E-state index contributed by atoms with van der Waals surface area (Å²) in [5.41, 5.74) is -1.02. The average Bonchev–Trinajstić information content (AvgIpc) is 2.29. The van der Waals surface area contributed by atoms with Crippen LogP contribution in [0.25, 0.3) is 0 Å². The van der Waals surface area contributed by atoms with Crippen LogP contribution >= 0.6 is 0 Å². The molecule has 0 spiro atoms. The number of carbonyl (C=O) groups excluding carboxylic acids is 1. The van der Waals surface area contributed by atoms with Gasteiger partial charge in [0.1, 0.15) is 5.54 Å². The van der Waals surface area contributed by atoms with E-state index in [0.717, 1.165) is 6.04 Å². The minimum Gasteiger partial charge on any atom is -0.338 e. The molecule has 19 heavy (non-hydrogen) atoms. The summed E-state index contributed by atoms with van der Waals surface area (Å²) in [6, 6.07) is 2.83. The summed E-state index contributed by atoms with van der Waals surface area (Å²) in [7, 11) is -4.38. The van der Waals surface area contributed by atoms with Gasteiger partial charge in [-0.15, -0.1) is 0 Å². The molecule has 1 saturated heterocycles. The van der Waals surface area contributed by atoms with Crippen LogP contribution in [0.1, 0.15) is 12.8 Å². The van der Waals surface area contributed by atoms with Gasteiger partial charge in [-0.3, -0.25) is 4.79 Å². The number of rotatable bonds is 4. The SMILES string of the molecule is C[Si](C)(C)C[CH]C(=O)NC1(C#N)CCS(=O)(=O)CC1. The van der Waals surface area contributed by atoms with Gasteiger partial charge in [0.25, 0.3) is 0 Å². The summed E-state index contributed by atoms with van der Waals surface area (Å²) in [6.07, 6.45) is 1.95. The Morgan fingerprint density at radius 3 is 2.32 bits per heavy atom. The highest BCUT2D eigenvalue weighted by Crippen LogP contribution is 2.23. The van der Waals surface area contributed by atoms with Gasteiger partial charge >= 0.3 is 0 Å². The van der Waals surface area contributed by atoms with E-state index in [4.69, 9.17) is 0 Å². The fraction of sp³-hybridized carbons (Fsp3) is 0.750. The highest BCUT2D eigenvalue weighted by atomic mass is 32.2. The van der Waals surface area contributed by atoms with Crippen molar-refractivity contribution in [2.45, 2.75) is 44.1 Å². The lowest BCUT2D eigenvalue weighted by molar-refractivity contribution is -0.119. The molecule has 0 saturated carbocycles. The fourth-order valence-electron chi connectivity index (χ4n) is 1.84. The van der Waals surface area contributed by atoms with Crippen LogP contribution in [0.5, 0.6) is 0 Å². The zero-order valence-electron chi connectivity index (χ0n) is 11.7. The maximum absolute atomic E-state index is 11.8. The lowest BCUT2D eigenvalue weighted by atomic mass is 9.94. The van der Waals surface area contributed by atoms with Gasteiger partial charge in [0.2, 0.25) is 5.91 Å². The van der Waals surface area contributed by atoms with Gasteiger partial charge < -0.3 is 5.32 Å². The van der Waals surface area contributed by atoms with E-state index >= 15 is 0 Å². The van der Waals surface area contributed by atoms with Crippen molar-refractivity contribution in [3.05, 3.63) is 6.42 Å². The van der Waals surface area contributed by atoms with Crippen molar-refractivity contribution >= 4 is 23.8 Å². The van der Waals surface area contributed by atoms with Crippen LogP contribution in [0.2, 0.25) is 25.7 Å². The van der Waals surface area contributed by atoms with Crippen LogP contribution in [0, 0.1) is 17.8 Å². The number of hydrogen-bond acceptors (Lipinski definition) is 4. The molecule has 0 aliphatic carbocycles. The van der Waals surface area contributed by atoms with E-state index in [0.29, 0.717) is 0 Å².